The molecule has 0 radical (unpaired) electrons. The van der Waals surface area contributed by atoms with Crippen LogP contribution in [0.4, 0.5) is 0 Å². The summed E-state index contributed by atoms with van der Waals surface area (Å²) in [7, 11) is 1.47. The summed E-state index contributed by atoms with van der Waals surface area (Å²) in [5, 5.41) is 20.8. The molecule has 0 aliphatic carbocycles. The van der Waals surface area contributed by atoms with Gasteiger partial charge in [0.2, 0.25) is 11.8 Å². The monoisotopic (exact) mass is 651 g/mol. The standard InChI is InChI=1S/C36H49N3O8/c1-5-6-17-38-33(41)31(32(40)26-13-20-46-21-14-26)39(24(2)3)35(44)36(38)15-18-37(19-16-36)23-25-7-10-28(11-8-25)47-29-12-9-27(34(42)43)22-30(29)45-4/h7-12,22,24,26,31-32,40H,5-6,13-21,23H2,1-4H3,(H,42,43)/t31-,32-/m1/s1. The Morgan fingerprint density at radius 2 is 1.72 bits per heavy atom. The second kappa shape index (κ2) is 15.0. The Labute approximate surface area is 277 Å². The number of hydrogen-bond acceptors (Lipinski definition) is 8. The van der Waals surface area contributed by atoms with Crippen LogP contribution in [0.2, 0.25) is 0 Å². The Bertz CT molecular complexity index is 1400. The molecule has 1 spiro atoms. The van der Waals surface area contributed by atoms with E-state index in [1.165, 1.54) is 19.2 Å². The third kappa shape index (κ3) is 7.27. The van der Waals surface area contributed by atoms with Crippen LogP contribution in [0.1, 0.15) is 75.2 Å². The number of aliphatic hydroxyl groups is 1. The number of likely N-dealkylation sites (tertiary alicyclic amines) is 1. The first kappa shape index (κ1) is 34.7. The average Bonchev–Trinajstić information content (AvgIpc) is 3.08. The topological polar surface area (TPSA) is 129 Å². The van der Waals surface area contributed by atoms with Crippen molar-refractivity contribution < 1.29 is 38.8 Å². The van der Waals surface area contributed by atoms with Gasteiger partial charge in [0, 0.05) is 45.4 Å². The molecule has 3 heterocycles. The summed E-state index contributed by atoms with van der Waals surface area (Å²) in [6.45, 7) is 9.59. The zero-order valence-electron chi connectivity index (χ0n) is 28.0. The van der Waals surface area contributed by atoms with Crippen LogP contribution in [0.15, 0.2) is 42.5 Å². The van der Waals surface area contributed by atoms with E-state index in [2.05, 4.69) is 11.8 Å². The number of carbonyl (C=O) groups is 3. The van der Waals surface area contributed by atoms with Gasteiger partial charge in [0.05, 0.1) is 18.8 Å². The Hall–Kier alpha value is -3.67. The molecule has 0 unspecified atom stereocenters. The van der Waals surface area contributed by atoms with E-state index in [0.29, 0.717) is 82.3 Å². The fourth-order valence-corrected chi connectivity index (χ4v) is 7.29. The molecule has 3 aliphatic rings. The van der Waals surface area contributed by atoms with E-state index in [4.69, 9.17) is 14.2 Å². The molecular weight excluding hydrogens is 602 g/mol. The molecule has 11 heteroatoms. The summed E-state index contributed by atoms with van der Waals surface area (Å²) < 4.78 is 16.8. The van der Waals surface area contributed by atoms with Gasteiger partial charge in [0.1, 0.15) is 17.3 Å². The highest BCUT2D eigenvalue weighted by molar-refractivity contribution is 6.00. The smallest absolute Gasteiger partial charge is 0.335 e. The van der Waals surface area contributed by atoms with Gasteiger partial charge >= 0.3 is 5.97 Å². The van der Waals surface area contributed by atoms with Crippen molar-refractivity contribution in [2.75, 3.05) is 40.0 Å². The number of unbranched alkanes of at least 4 members (excludes halogenated alkanes) is 1. The summed E-state index contributed by atoms with van der Waals surface area (Å²) >= 11 is 0. The number of carbonyl (C=O) groups excluding carboxylic acids is 2. The van der Waals surface area contributed by atoms with Gasteiger partial charge in [-0.2, -0.15) is 0 Å². The number of hydrogen-bond donors (Lipinski definition) is 2. The number of carboxylic acids is 1. The van der Waals surface area contributed by atoms with E-state index in [1.807, 2.05) is 43.0 Å². The third-order valence-corrected chi connectivity index (χ3v) is 9.98. The number of carboxylic acid groups (broad SMARTS) is 1. The lowest BCUT2D eigenvalue weighted by molar-refractivity contribution is -0.185. The third-order valence-electron chi connectivity index (χ3n) is 9.98. The van der Waals surface area contributed by atoms with Crippen LogP contribution in [-0.2, 0) is 20.9 Å². The zero-order chi connectivity index (χ0) is 33.7. The summed E-state index contributed by atoms with van der Waals surface area (Å²) in [6.07, 6.45) is 3.23. The summed E-state index contributed by atoms with van der Waals surface area (Å²) in [4.78, 5) is 46.0. The van der Waals surface area contributed by atoms with E-state index in [-0.39, 0.29) is 29.3 Å². The maximum Gasteiger partial charge on any atom is 0.335 e. The van der Waals surface area contributed by atoms with Crippen molar-refractivity contribution in [2.45, 2.75) is 89.6 Å². The number of amides is 2. The second-order valence-electron chi connectivity index (χ2n) is 13.3. The molecule has 2 N–H and O–H groups in total. The van der Waals surface area contributed by atoms with Crippen LogP contribution in [0, 0.1) is 5.92 Å². The maximum atomic E-state index is 14.5. The molecule has 5 rings (SSSR count). The predicted molar refractivity (Wildman–Crippen MR) is 176 cm³/mol. The number of ether oxygens (including phenoxy) is 3. The minimum Gasteiger partial charge on any atom is -0.493 e. The number of aliphatic hydroxyl groups excluding tert-OH is 1. The van der Waals surface area contributed by atoms with Gasteiger partial charge in [0.15, 0.2) is 11.5 Å². The molecule has 0 saturated carbocycles. The molecule has 2 aromatic carbocycles. The van der Waals surface area contributed by atoms with Crippen LogP contribution < -0.4 is 9.47 Å². The number of benzene rings is 2. The molecule has 0 bridgehead atoms. The quantitative estimate of drug-likeness (QED) is 0.340. The van der Waals surface area contributed by atoms with Crippen molar-refractivity contribution in [3.05, 3.63) is 53.6 Å². The van der Waals surface area contributed by atoms with Crippen molar-refractivity contribution in [1.82, 2.24) is 14.7 Å². The first-order chi connectivity index (χ1) is 22.6. The first-order valence-corrected chi connectivity index (χ1v) is 16.9. The van der Waals surface area contributed by atoms with Gasteiger partial charge in [-0.3, -0.25) is 14.5 Å². The zero-order valence-corrected chi connectivity index (χ0v) is 28.0. The van der Waals surface area contributed by atoms with Gasteiger partial charge < -0.3 is 34.2 Å². The van der Waals surface area contributed by atoms with Gasteiger partial charge in [-0.1, -0.05) is 25.5 Å². The fraction of sp³-hybridized carbons (Fsp3) is 0.583. The van der Waals surface area contributed by atoms with Crippen molar-refractivity contribution >= 4 is 17.8 Å². The Balaban J connectivity index is 1.28. The number of rotatable bonds is 12. The highest BCUT2D eigenvalue weighted by atomic mass is 16.5. The molecule has 2 amide bonds. The van der Waals surface area contributed by atoms with Crippen LogP contribution in [0.3, 0.4) is 0 Å². The SMILES string of the molecule is CCCCN1C(=O)[C@@H]([C@H](O)C2CCOCC2)N(C(C)C)C(=O)C12CCN(Cc1ccc(Oc3ccc(C(=O)O)cc3OC)cc1)CC2. The minimum atomic E-state index is -1.04. The maximum absolute atomic E-state index is 14.5. The molecule has 256 valence electrons. The summed E-state index contributed by atoms with van der Waals surface area (Å²) in [5.74, 6) is 0.0752. The van der Waals surface area contributed by atoms with Crippen molar-refractivity contribution in [1.29, 1.82) is 0 Å². The number of piperazine rings is 1. The second-order valence-corrected chi connectivity index (χ2v) is 13.3. The van der Waals surface area contributed by atoms with Gasteiger partial charge in [-0.25, -0.2) is 4.79 Å². The van der Waals surface area contributed by atoms with E-state index in [9.17, 15) is 24.6 Å². The van der Waals surface area contributed by atoms with Gasteiger partial charge in [0.25, 0.3) is 0 Å². The van der Waals surface area contributed by atoms with Crippen LogP contribution in [-0.4, -0.2) is 106 Å². The van der Waals surface area contributed by atoms with Crippen LogP contribution in [0.25, 0.3) is 0 Å². The van der Waals surface area contributed by atoms with E-state index < -0.39 is 23.7 Å². The van der Waals surface area contributed by atoms with E-state index in [1.54, 1.807) is 11.0 Å². The largest absolute Gasteiger partial charge is 0.493 e. The lowest BCUT2D eigenvalue weighted by Gasteiger charge is -2.57. The van der Waals surface area contributed by atoms with E-state index in [0.717, 1.165) is 18.4 Å². The molecule has 2 aromatic rings. The molecule has 2 atom stereocenters. The first-order valence-electron chi connectivity index (χ1n) is 16.9. The lowest BCUT2D eigenvalue weighted by atomic mass is 9.77. The molecule has 3 aliphatic heterocycles. The highest BCUT2D eigenvalue weighted by Gasteiger charge is 2.59. The number of methoxy groups -OCH3 is 1. The van der Waals surface area contributed by atoms with Crippen LogP contribution in [0.5, 0.6) is 17.2 Å². The van der Waals surface area contributed by atoms with Crippen molar-refractivity contribution in [3.63, 3.8) is 0 Å². The normalized spacial score (nSPS) is 21.4. The molecule has 11 nitrogen and oxygen atoms in total. The average molecular weight is 652 g/mol. The molecule has 47 heavy (non-hydrogen) atoms. The Morgan fingerprint density at radius 1 is 1.04 bits per heavy atom. The molecule has 3 fully saturated rings. The highest BCUT2D eigenvalue weighted by Crippen LogP contribution is 2.40. The van der Waals surface area contributed by atoms with E-state index >= 15 is 0 Å². The molecule has 0 aromatic heterocycles. The van der Waals surface area contributed by atoms with Gasteiger partial charge in [-0.05, 0) is 87.8 Å². The molecular formula is C36H49N3O8. The molecule has 3 saturated heterocycles. The number of nitrogens with zero attached hydrogens (tertiary/aromatic N) is 3. The van der Waals surface area contributed by atoms with Crippen molar-refractivity contribution in [3.8, 4) is 17.2 Å². The Kier molecular flexibility index (Phi) is 11.1. The lowest BCUT2D eigenvalue weighted by Crippen LogP contribution is -2.76. The van der Waals surface area contributed by atoms with Gasteiger partial charge in [-0.15, -0.1) is 0 Å². The minimum absolute atomic E-state index is 0.0349. The summed E-state index contributed by atoms with van der Waals surface area (Å²) in [6, 6.07) is 11.1. The fourth-order valence-electron chi connectivity index (χ4n) is 7.29. The number of piperidine rings is 1. The predicted octanol–water partition coefficient (Wildman–Crippen LogP) is 4.56. The Morgan fingerprint density at radius 3 is 2.32 bits per heavy atom. The number of aromatic carboxylic acids is 1. The summed E-state index contributed by atoms with van der Waals surface area (Å²) in [5.41, 5.74) is 0.287. The van der Waals surface area contributed by atoms with Crippen LogP contribution >= 0.6 is 0 Å². The van der Waals surface area contributed by atoms with Crippen molar-refractivity contribution in [2.24, 2.45) is 5.92 Å².